The fourth-order valence-corrected chi connectivity index (χ4v) is 3.72. The monoisotopic (exact) mass is 489 g/mol. The number of aliphatic imine (C=N–C) groups is 1. The highest BCUT2D eigenvalue weighted by Crippen LogP contribution is 2.34. The van der Waals surface area contributed by atoms with E-state index in [9.17, 15) is 13.2 Å². The molecule has 1 heterocycles. The summed E-state index contributed by atoms with van der Waals surface area (Å²) >= 11 is 1.91. The largest absolute Gasteiger partial charge is 0.497 e. The first kappa shape index (κ1) is 22.2. The third-order valence-electron chi connectivity index (χ3n) is 3.81. The summed E-state index contributed by atoms with van der Waals surface area (Å²) in [6.45, 7) is 0.801. The number of methoxy groups -OCH3 is 1. The normalized spacial score (nSPS) is 17.8. The van der Waals surface area contributed by atoms with Crippen LogP contribution in [0.4, 0.5) is 13.2 Å². The first-order valence-electron chi connectivity index (χ1n) is 7.74. The van der Waals surface area contributed by atoms with Gasteiger partial charge in [-0.3, -0.25) is 4.99 Å². The van der Waals surface area contributed by atoms with Gasteiger partial charge in [-0.2, -0.15) is 24.9 Å². The maximum atomic E-state index is 13.2. The van der Waals surface area contributed by atoms with E-state index in [0.717, 1.165) is 19.0 Å². The van der Waals surface area contributed by atoms with Crippen molar-refractivity contribution in [1.29, 1.82) is 0 Å². The van der Waals surface area contributed by atoms with E-state index in [1.165, 1.54) is 31.4 Å². The van der Waals surface area contributed by atoms with Gasteiger partial charge in [-0.1, -0.05) is 6.07 Å². The topological polar surface area (TPSA) is 45.7 Å². The number of halogens is 4. The standard InChI is InChI=1S/C16H22F3N3OS.HI/c1-20-15(22-10-13-4-3-7-24-13)21-9-11-5-6-12(23-2)8-14(11)16(17,18)19;/h5-6,8,13H,3-4,7,9-10H2,1-2H3,(H2,20,21,22);1H. The highest BCUT2D eigenvalue weighted by molar-refractivity contribution is 14.0. The van der Waals surface area contributed by atoms with Crippen LogP contribution in [0, 0.1) is 0 Å². The zero-order valence-corrected chi connectivity index (χ0v) is 17.3. The molecule has 9 heteroatoms. The van der Waals surface area contributed by atoms with Crippen molar-refractivity contribution >= 4 is 41.7 Å². The number of hydrogen-bond acceptors (Lipinski definition) is 3. The quantitative estimate of drug-likeness (QED) is 0.375. The molecule has 0 bridgehead atoms. The van der Waals surface area contributed by atoms with Crippen LogP contribution in [0.5, 0.6) is 5.75 Å². The summed E-state index contributed by atoms with van der Waals surface area (Å²) in [5.74, 6) is 1.86. The van der Waals surface area contributed by atoms with Crippen LogP contribution >= 0.6 is 35.7 Å². The minimum Gasteiger partial charge on any atom is -0.497 e. The zero-order chi connectivity index (χ0) is 17.6. The molecule has 1 aliphatic heterocycles. The molecule has 1 aromatic rings. The van der Waals surface area contributed by atoms with Gasteiger partial charge in [0.1, 0.15) is 5.75 Å². The molecule has 142 valence electrons. The molecule has 1 saturated heterocycles. The van der Waals surface area contributed by atoms with Gasteiger partial charge in [0, 0.05) is 25.4 Å². The number of rotatable bonds is 5. The number of benzene rings is 1. The van der Waals surface area contributed by atoms with Crippen molar-refractivity contribution in [3.8, 4) is 5.75 Å². The number of nitrogens with zero attached hydrogens (tertiary/aromatic N) is 1. The van der Waals surface area contributed by atoms with Crippen molar-refractivity contribution in [2.75, 3.05) is 26.5 Å². The smallest absolute Gasteiger partial charge is 0.416 e. The van der Waals surface area contributed by atoms with Crippen molar-refractivity contribution in [2.24, 2.45) is 4.99 Å². The van der Waals surface area contributed by atoms with Gasteiger partial charge in [-0.15, -0.1) is 24.0 Å². The van der Waals surface area contributed by atoms with Gasteiger partial charge in [-0.05, 0) is 36.3 Å². The fourth-order valence-electron chi connectivity index (χ4n) is 2.52. The highest BCUT2D eigenvalue weighted by Gasteiger charge is 2.33. The second kappa shape index (κ2) is 10.3. The van der Waals surface area contributed by atoms with Gasteiger partial charge in [0.05, 0.1) is 12.7 Å². The molecule has 1 aliphatic rings. The third-order valence-corrected chi connectivity index (χ3v) is 5.21. The Balaban J connectivity index is 0.00000312. The van der Waals surface area contributed by atoms with Crippen LogP contribution in [-0.2, 0) is 12.7 Å². The fraction of sp³-hybridized carbons (Fsp3) is 0.562. The third kappa shape index (κ3) is 6.76. The first-order chi connectivity index (χ1) is 11.4. The molecule has 0 saturated carbocycles. The Hall–Kier alpha value is -0.840. The Morgan fingerprint density at radius 1 is 1.36 bits per heavy atom. The molecule has 2 rings (SSSR count). The van der Waals surface area contributed by atoms with E-state index >= 15 is 0 Å². The summed E-state index contributed by atoms with van der Waals surface area (Å²) < 4.78 is 44.5. The Morgan fingerprint density at radius 2 is 2.12 bits per heavy atom. The number of ether oxygens (including phenoxy) is 1. The highest BCUT2D eigenvalue weighted by atomic mass is 127. The van der Waals surface area contributed by atoms with E-state index in [0.29, 0.717) is 11.2 Å². The Bertz CT molecular complexity index is 578. The van der Waals surface area contributed by atoms with E-state index < -0.39 is 11.7 Å². The molecular weight excluding hydrogens is 466 g/mol. The lowest BCUT2D eigenvalue weighted by Gasteiger charge is -2.17. The molecule has 0 aliphatic carbocycles. The molecule has 25 heavy (non-hydrogen) atoms. The van der Waals surface area contributed by atoms with Crippen molar-refractivity contribution in [2.45, 2.75) is 30.8 Å². The zero-order valence-electron chi connectivity index (χ0n) is 14.2. The molecule has 2 N–H and O–H groups in total. The number of alkyl halides is 3. The molecule has 4 nitrogen and oxygen atoms in total. The average molecular weight is 489 g/mol. The van der Waals surface area contributed by atoms with Gasteiger partial charge in [0.2, 0.25) is 0 Å². The molecule has 1 aromatic carbocycles. The maximum Gasteiger partial charge on any atom is 0.416 e. The lowest BCUT2D eigenvalue weighted by atomic mass is 10.1. The minimum absolute atomic E-state index is 0. The molecule has 0 radical (unpaired) electrons. The molecule has 0 aromatic heterocycles. The van der Waals surface area contributed by atoms with Crippen molar-refractivity contribution in [1.82, 2.24) is 10.6 Å². The number of guanidine groups is 1. The van der Waals surface area contributed by atoms with Crippen LogP contribution in [0.3, 0.4) is 0 Å². The van der Waals surface area contributed by atoms with Crippen LogP contribution in [-0.4, -0.2) is 37.7 Å². The number of hydrogen-bond donors (Lipinski definition) is 2. The average Bonchev–Trinajstić information content (AvgIpc) is 3.07. The Kier molecular flexibility index (Phi) is 9.19. The van der Waals surface area contributed by atoms with Crippen LogP contribution in [0.1, 0.15) is 24.0 Å². The second-order valence-corrected chi connectivity index (χ2v) is 6.87. The number of nitrogens with one attached hydrogen (secondary N) is 2. The summed E-state index contributed by atoms with van der Waals surface area (Å²) in [5.41, 5.74) is -0.544. The molecule has 0 amide bonds. The van der Waals surface area contributed by atoms with Gasteiger partial charge in [0.15, 0.2) is 5.96 Å². The summed E-state index contributed by atoms with van der Waals surface area (Å²) in [6, 6.07) is 3.97. The molecule has 1 unspecified atom stereocenters. The molecule has 1 atom stereocenters. The van der Waals surface area contributed by atoms with Gasteiger partial charge < -0.3 is 15.4 Å². The molecular formula is C16H23F3IN3OS. The Morgan fingerprint density at radius 3 is 2.68 bits per heavy atom. The van der Waals surface area contributed by atoms with Gasteiger partial charge in [-0.25, -0.2) is 0 Å². The van der Waals surface area contributed by atoms with Crippen LogP contribution in [0.25, 0.3) is 0 Å². The van der Waals surface area contributed by atoms with Crippen molar-refractivity contribution in [3.63, 3.8) is 0 Å². The maximum absolute atomic E-state index is 13.2. The predicted molar refractivity (Wildman–Crippen MR) is 107 cm³/mol. The van der Waals surface area contributed by atoms with Crippen molar-refractivity contribution < 1.29 is 17.9 Å². The lowest BCUT2D eigenvalue weighted by molar-refractivity contribution is -0.138. The van der Waals surface area contributed by atoms with Crippen LogP contribution in [0.2, 0.25) is 0 Å². The molecule has 0 spiro atoms. The molecule has 1 fully saturated rings. The van der Waals surface area contributed by atoms with Gasteiger partial charge in [0.25, 0.3) is 0 Å². The lowest BCUT2D eigenvalue weighted by Crippen LogP contribution is -2.40. The predicted octanol–water partition coefficient (Wildman–Crippen LogP) is 3.89. The summed E-state index contributed by atoms with van der Waals surface area (Å²) in [4.78, 5) is 4.07. The van der Waals surface area contributed by atoms with E-state index in [-0.39, 0.29) is 41.8 Å². The van der Waals surface area contributed by atoms with Crippen LogP contribution < -0.4 is 15.4 Å². The summed E-state index contributed by atoms with van der Waals surface area (Å²) in [5, 5.41) is 6.66. The Labute approximate surface area is 167 Å². The summed E-state index contributed by atoms with van der Waals surface area (Å²) in [6.07, 6.45) is -2.06. The second-order valence-electron chi connectivity index (χ2n) is 5.46. The van der Waals surface area contributed by atoms with Crippen LogP contribution in [0.15, 0.2) is 23.2 Å². The number of thioether (sulfide) groups is 1. The van der Waals surface area contributed by atoms with E-state index in [1.807, 2.05) is 11.8 Å². The minimum atomic E-state index is -4.43. The SMILES string of the molecule is CN=C(NCc1ccc(OC)cc1C(F)(F)F)NCC1CCCS1.I. The van der Waals surface area contributed by atoms with E-state index in [2.05, 4.69) is 15.6 Å². The van der Waals surface area contributed by atoms with Gasteiger partial charge >= 0.3 is 6.18 Å². The van der Waals surface area contributed by atoms with E-state index in [4.69, 9.17) is 4.74 Å². The van der Waals surface area contributed by atoms with E-state index in [1.54, 1.807) is 7.05 Å². The van der Waals surface area contributed by atoms with Crippen molar-refractivity contribution in [3.05, 3.63) is 29.3 Å². The first-order valence-corrected chi connectivity index (χ1v) is 8.79. The summed E-state index contributed by atoms with van der Waals surface area (Å²) in [7, 11) is 2.95.